The van der Waals surface area contributed by atoms with Crippen molar-refractivity contribution in [3.8, 4) is 0 Å². The maximum atomic E-state index is 6.18. The van der Waals surface area contributed by atoms with E-state index in [-0.39, 0.29) is 18.3 Å². The Bertz CT molecular complexity index is 671. The molecule has 0 atom stereocenters. The Morgan fingerprint density at radius 3 is 2.29 bits per heavy atom. The van der Waals surface area contributed by atoms with Crippen LogP contribution in [0, 0.1) is 6.92 Å². The summed E-state index contributed by atoms with van der Waals surface area (Å²) in [5.74, 6) is 0. The summed E-state index contributed by atoms with van der Waals surface area (Å²) in [4.78, 5) is 5.77. The third-order valence-corrected chi connectivity index (χ3v) is 6.02. The van der Waals surface area contributed by atoms with E-state index in [4.69, 9.17) is 9.31 Å². The lowest BCUT2D eigenvalue weighted by Crippen LogP contribution is -2.41. The van der Waals surface area contributed by atoms with Gasteiger partial charge in [0.1, 0.15) is 10.3 Å². The average molecular weight is 306 g/mol. The molecule has 0 aromatic carbocycles. The van der Waals surface area contributed by atoms with Gasteiger partial charge in [0.15, 0.2) is 0 Å². The number of hydrogen-bond acceptors (Lipinski definition) is 4. The summed E-state index contributed by atoms with van der Waals surface area (Å²) in [6.07, 6.45) is 1.92. The molecule has 1 fully saturated rings. The van der Waals surface area contributed by atoms with E-state index >= 15 is 0 Å². The van der Waals surface area contributed by atoms with Crippen molar-refractivity contribution in [2.24, 2.45) is 0 Å². The second kappa shape index (κ2) is 4.57. The molecule has 0 spiro atoms. The van der Waals surface area contributed by atoms with Gasteiger partial charge in [-0.1, -0.05) is 0 Å². The Kier molecular flexibility index (Phi) is 3.28. The molecule has 0 aliphatic carbocycles. The predicted molar refractivity (Wildman–Crippen MR) is 88.4 cm³/mol. The van der Waals surface area contributed by atoms with Crippen molar-refractivity contribution in [2.45, 2.75) is 65.7 Å². The zero-order chi connectivity index (χ0) is 15.6. The largest absolute Gasteiger partial charge is 0.505 e. The Balaban J connectivity index is 2.05. The Hall–Kier alpha value is -0.845. The van der Waals surface area contributed by atoms with Gasteiger partial charge in [0.25, 0.3) is 0 Å². The van der Waals surface area contributed by atoms with Crippen LogP contribution in [0.5, 0.6) is 0 Å². The molecule has 4 nitrogen and oxygen atoms in total. The third kappa shape index (κ3) is 2.15. The van der Waals surface area contributed by atoms with Crippen molar-refractivity contribution in [2.75, 3.05) is 0 Å². The molecule has 2 aromatic rings. The number of imidazole rings is 1. The minimum absolute atomic E-state index is 0.296. The molecule has 114 valence electrons. The molecule has 0 radical (unpaired) electrons. The van der Waals surface area contributed by atoms with Crippen molar-refractivity contribution < 1.29 is 9.31 Å². The highest BCUT2D eigenvalue weighted by atomic mass is 32.1. The molecule has 6 heteroatoms. The van der Waals surface area contributed by atoms with E-state index < -0.39 is 0 Å². The van der Waals surface area contributed by atoms with Gasteiger partial charge < -0.3 is 13.9 Å². The fourth-order valence-electron chi connectivity index (χ4n) is 2.55. The fraction of sp³-hybridized carbons (Fsp3) is 0.667. The van der Waals surface area contributed by atoms with E-state index in [1.165, 1.54) is 10.4 Å². The number of aryl methyl sites for hydroxylation is 1. The van der Waals surface area contributed by atoms with Crippen LogP contribution in [-0.2, 0) is 9.31 Å². The van der Waals surface area contributed by atoms with Gasteiger partial charge in [-0.05, 0) is 54.0 Å². The van der Waals surface area contributed by atoms with Crippen LogP contribution in [-0.4, -0.2) is 27.9 Å². The zero-order valence-electron chi connectivity index (χ0n) is 13.9. The monoisotopic (exact) mass is 306 g/mol. The molecule has 1 aliphatic heterocycles. The van der Waals surface area contributed by atoms with Crippen LogP contribution in [0.4, 0.5) is 0 Å². The first kappa shape index (κ1) is 15.1. The maximum Gasteiger partial charge on any atom is 0.505 e. The van der Waals surface area contributed by atoms with Crippen LogP contribution < -0.4 is 4.78 Å². The van der Waals surface area contributed by atoms with E-state index in [2.05, 4.69) is 58.0 Å². The van der Waals surface area contributed by atoms with Crippen molar-refractivity contribution in [3.63, 3.8) is 0 Å². The van der Waals surface area contributed by atoms with E-state index in [0.717, 1.165) is 10.3 Å². The summed E-state index contributed by atoms with van der Waals surface area (Å²) in [6, 6.07) is 0.402. The molecule has 1 saturated heterocycles. The highest BCUT2D eigenvalue weighted by Gasteiger charge is 2.52. The topological polar surface area (TPSA) is 36.3 Å². The molecule has 1 aliphatic rings. The molecule has 3 rings (SSSR count). The normalized spacial score (nSPS) is 20.9. The number of rotatable bonds is 2. The average Bonchev–Trinajstić information content (AvgIpc) is 2.93. The standard InChI is InChI=1S/C15H23BN2O2S/c1-9(2)18-8-17-11-10(3)12(21-13(11)18)16-19-14(4,5)15(6,7)20-16/h8-9H,1-7H3. The van der Waals surface area contributed by atoms with E-state index in [0.29, 0.717) is 6.04 Å². The second-order valence-corrected chi connectivity index (χ2v) is 8.11. The first-order valence-corrected chi connectivity index (χ1v) is 8.27. The van der Waals surface area contributed by atoms with Crippen LogP contribution in [0.1, 0.15) is 53.1 Å². The third-order valence-electron chi connectivity index (χ3n) is 4.70. The summed E-state index contributed by atoms with van der Waals surface area (Å²) in [6.45, 7) is 14.8. The van der Waals surface area contributed by atoms with Gasteiger partial charge in [-0.15, -0.1) is 11.3 Å². The van der Waals surface area contributed by atoms with Crippen molar-refractivity contribution >= 4 is 33.6 Å². The molecule has 0 amide bonds. The van der Waals surface area contributed by atoms with Gasteiger partial charge in [-0.3, -0.25) is 0 Å². The number of aromatic nitrogens is 2. The molecule has 21 heavy (non-hydrogen) atoms. The SMILES string of the molecule is Cc1c(B2OC(C)(C)C(C)(C)O2)sc2c1ncn2C(C)C. The Morgan fingerprint density at radius 2 is 1.76 bits per heavy atom. The highest BCUT2D eigenvalue weighted by molar-refractivity contribution is 7.28. The lowest BCUT2D eigenvalue weighted by Gasteiger charge is -2.32. The smallest absolute Gasteiger partial charge is 0.399 e. The fourth-order valence-corrected chi connectivity index (χ4v) is 3.86. The molecule has 3 heterocycles. The van der Waals surface area contributed by atoms with Crippen molar-refractivity contribution in [1.29, 1.82) is 0 Å². The lowest BCUT2D eigenvalue weighted by atomic mass is 9.85. The Morgan fingerprint density at radius 1 is 1.19 bits per heavy atom. The number of nitrogens with zero attached hydrogens (tertiary/aromatic N) is 2. The Labute approximate surface area is 130 Å². The minimum atomic E-state index is -0.306. The van der Waals surface area contributed by atoms with Gasteiger partial charge >= 0.3 is 7.12 Å². The van der Waals surface area contributed by atoms with Crippen LogP contribution in [0.15, 0.2) is 6.33 Å². The molecule has 0 bridgehead atoms. The maximum absolute atomic E-state index is 6.18. The number of hydrogen-bond donors (Lipinski definition) is 0. The first-order valence-electron chi connectivity index (χ1n) is 7.45. The summed E-state index contributed by atoms with van der Waals surface area (Å²) < 4.78 is 15.7. The first-order chi connectivity index (χ1) is 9.64. The summed E-state index contributed by atoms with van der Waals surface area (Å²) in [5.41, 5.74) is 1.63. The molecular formula is C15H23BN2O2S. The van der Waals surface area contributed by atoms with E-state index in [9.17, 15) is 0 Å². The van der Waals surface area contributed by atoms with Crippen LogP contribution >= 0.6 is 11.3 Å². The highest BCUT2D eigenvalue weighted by Crippen LogP contribution is 2.38. The second-order valence-electron chi connectivity index (χ2n) is 7.08. The van der Waals surface area contributed by atoms with E-state index in [1.54, 1.807) is 11.3 Å². The summed E-state index contributed by atoms with van der Waals surface area (Å²) in [5, 5.41) is 0. The van der Waals surface area contributed by atoms with E-state index in [1.807, 2.05) is 6.33 Å². The van der Waals surface area contributed by atoms with Crippen molar-refractivity contribution in [1.82, 2.24) is 9.55 Å². The number of thiophene rings is 1. The molecular weight excluding hydrogens is 283 g/mol. The molecule has 0 saturated carbocycles. The number of fused-ring (bicyclic) bond motifs is 1. The molecule has 2 aromatic heterocycles. The zero-order valence-corrected chi connectivity index (χ0v) is 14.7. The quantitative estimate of drug-likeness (QED) is 0.799. The van der Waals surface area contributed by atoms with Crippen LogP contribution in [0.25, 0.3) is 10.3 Å². The van der Waals surface area contributed by atoms with Gasteiger partial charge in [0, 0.05) is 10.8 Å². The van der Waals surface area contributed by atoms with Gasteiger partial charge in [0.2, 0.25) is 0 Å². The van der Waals surface area contributed by atoms with Crippen LogP contribution in [0.2, 0.25) is 0 Å². The molecule has 0 unspecified atom stereocenters. The summed E-state index contributed by atoms with van der Waals surface area (Å²) >= 11 is 1.73. The van der Waals surface area contributed by atoms with Crippen LogP contribution in [0.3, 0.4) is 0 Å². The summed E-state index contributed by atoms with van der Waals surface area (Å²) in [7, 11) is -0.296. The van der Waals surface area contributed by atoms with Crippen molar-refractivity contribution in [3.05, 3.63) is 11.9 Å². The predicted octanol–water partition coefficient (Wildman–Crippen LogP) is 3.29. The molecule has 0 N–H and O–H groups in total. The lowest BCUT2D eigenvalue weighted by molar-refractivity contribution is 0.00578. The van der Waals surface area contributed by atoms with Gasteiger partial charge in [-0.25, -0.2) is 4.98 Å². The minimum Gasteiger partial charge on any atom is -0.399 e. The van der Waals surface area contributed by atoms with Gasteiger partial charge in [-0.2, -0.15) is 0 Å². The van der Waals surface area contributed by atoms with Gasteiger partial charge in [0.05, 0.1) is 17.5 Å².